The Bertz CT molecular complexity index is 555. The van der Waals surface area contributed by atoms with Crippen LogP contribution in [0.3, 0.4) is 0 Å². The zero-order valence-corrected chi connectivity index (χ0v) is 10.6. The van der Waals surface area contributed by atoms with Crippen molar-refractivity contribution in [3.8, 4) is 0 Å². The second-order valence-corrected chi connectivity index (χ2v) is 4.60. The third-order valence-corrected chi connectivity index (χ3v) is 3.13. The van der Waals surface area contributed by atoms with Crippen molar-refractivity contribution in [1.29, 1.82) is 0 Å². The number of carboxylic acids is 1. The molecule has 0 spiro atoms. The lowest BCUT2D eigenvalue weighted by Crippen LogP contribution is -2.07. The molecule has 2 rings (SSSR count). The zero-order valence-electron chi connectivity index (χ0n) is 9.75. The van der Waals surface area contributed by atoms with Gasteiger partial charge in [-0.15, -0.1) is 11.3 Å². The maximum absolute atomic E-state index is 10.7. The molecule has 0 amide bonds. The van der Waals surface area contributed by atoms with Crippen molar-refractivity contribution >= 4 is 23.1 Å². The summed E-state index contributed by atoms with van der Waals surface area (Å²) >= 11 is 1.35. The van der Waals surface area contributed by atoms with Crippen LogP contribution in [0.15, 0.2) is 17.8 Å². The van der Waals surface area contributed by atoms with Crippen molar-refractivity contribution in [2.45, 2.75) is 13.3 Å². The molecule has 0 fully saturated rings. The minimum absolute atomic E-state index is 0.105. The van der Waals surface area contributed by atoms with Crippen molar-refractivity contribution in [2.24, 2.45) is 0 Å². The first kappa shape index (κ1) is 12.4. The van der Waals surface area contributed by atoms with Crippen LogP contribution in [0, 0.1) is 6.92 Å². The van der Waals surface area contributed by atoms with E-state index in [2.05, 4.69) is 20.3 Å². The Kier molecular flexibility index (Phi) is 3.83. The van der Waals surface area contributed by atoms with Gasteiger partial charge in [0, 0.05) is 30.1 Å². The molecular weight excluding hydrogens is 252 g/mol. The van der Waals surface area contributed by atoms with Crippen LogP contribution < -0.4 is 5.32 Å². The van der Waals surface area contributed by atoms with Crippen LogP contribution in [0.5, 0.6) is 0 Å². The number of hydrogen-bond donors (Lipinski definition) is 2. The van der Waals surface area contributed by atoms with Crippen molar-refractivity contribution in [1.82, 2.24) is 15.0 Å². The molecular formula is C11H12N4O2S. The molecule has 0 bridgehead atoms. The van der Waals surface area contributed by atoms with Crippen molar-refractivity contribution in [2.75, 3.05) is 11.9 Å². The van der Waals surface area contributed by atoms with Gasteiger partial charge < -0.3 is 10.4 Å². The highest BCUT2D eigenvalue weighted by Gasteiger charge is 2.08. The Hall–Kier alpha value is -2.02. The summed E-state index contributed by atoms with van der Waals surface area (Å²) in [5.41, 5.74) is 1.00. The van der Waals surface area contributed by atoms with Gasteiger partial charge in [-0.1, -0.05) is 0 Å². The van der Waals surface area contributed by atoms with E-state index in [1.54, 1.807) is 5.38 Å². The molecule has 2 heterocycles. The van der Waals surface area contributed by atoms with Crippen LogP contribution in [-0.2, 0) is 6.42 Å². The highest BCUT2D eigenvalue weighted by Crippen LogP contribution is 2.11. The molecule has 7 heteroatoms. The van der Waals surface area contributed by atoms with E-state index in [0.29, 0.717) is 13.0 Å². The molecule has 0 radical (unpaired) electrons. The Morgan fingerprint density at radius 1 is 1.50 bits per heavy atom. The number of aromatic nitrogens is 3. The fourth-order valence-corrected chi connectivity index (χ4v) is 2.14. The number of carbonyl (C=O) groups is 1. The van der Waals surface area contributed by atoms with Crippen LogP contribution in [0.4, 0.5) is 5.82 Å². The van der Waals surface area contributed by atoms with Gasteiger partial charge in [-0.25, -0.2) is 19.7 Å². The summed E-state index contributed by atoms with van der Waals surface area (Å²) in [6.07, 6.45) is 2.17. The van der Waals surface area contributed by atoms with E-state index >= 15 is 0 Å². The number of nitrogens with one attached hydrogen (secondary N) is 1. The van der Waals surface area contributed by atoms with Crippen LogP contribution >= 0.6 is 11.3 Å². The number of aromatic carboxylic acids is 1. The van der Waals surface area contributed by atoms with Crippen LogP contribution in [0.25, 0.3) is 0 Å². The molecule has 0 aromatic carbocycles. The first-order valence-electron chi connectivity index (χ1n) is 5.35. The maximum atomic E-state index is 10.7. The van der Waals surface area contributed by atoms with E-state index in [1.807, 2.05) is 13.0 Å². The summed E-state index contributed by atoms with van der Waals surface area (Å²) in [4.78, 5) is 22.7. The highest BCUT2D eigenvalue weighted by molar-refractivity contribution is 7.09. The average molecular weight is 264 g/mol. The Morgan fingerprint density at radius 3 is 3.00 bits per heavy atom. The van der Waals surface area contributed by atoms with Gasteiger partial charge in [0.2, 0.25) is 0 Å². The summed E-state index contributed by atoms with van der Waals surface area (Å²) in [6, 6.07) is 1.85. The first-order valence-corrected chi connectivity index (χ1v) is 6.23. The molecule has 0 saturated carbocycles. The summed E-state index contributed by atoms with van der Waals surface area (Å²) < 4.78 is 0. The van der Waals surface area contributed by atoms with Gasteiger partial charge in [-0.3, -0.25) is 0 Å². The smallest absolute Gasteiger partial charge is 0.355 e. The molecule has 2 aromatic heterocycles. The lowest BCUT2D eigenvalue weighted by molar-refractivity contribution is 0.0691. The predicted molar refractivity (Wildman–Crippen MR) is 68.0 cm³/mol. The lowest BCUT2D eigenvalue weighted by Gasteiger charge is -2.03. The first-order chi connectivity index (χ1) is 8.65. The molecule has 0 aliphatic rings. The number of nitrogens with zero attached hydrogens (tertiary/aromatic N) is 3. The number of thiazole rings is 1. The number of carboxylic acid groups (broad SMARTS) is 1. The minimum atomic E-state index is -0.989. The summed E-state index contributed by atoms with van der Waals surface area (Å²) in [5.74, 6) is -0.227. The summed E-state index contributed by atoms with van der Waals surface area (Å²) in [6.45, 7) is 2.55. The highest BCUT2D eigenvalue weighted by atomic mass is 32.1. The summed E-state index contributed by atoms with van der Waals surface area (Å²) in [5, 5.41) is 14.2. The Balaban J connectivity index is 1.86. The molecule has 0 atom stereocenters. The largest absolute Gasteiger partial charge is 0.476 e. The molecule has 2 N–H and O–H groups in total. The normalized spacial score (nSPS) is 10.3. The molecule has 0 saturated heterocycles. The molecule has 18 heavy (non-hydrogen) atoms. The standard InChI is InChI=1S/C11H12N4O2S/c1-7-4-9(14-6-13-7)12-3-2-10-15-8(5-18-10)11(16)17/h4-6H,2-3H2,1H3,(H,16,17)(H,12,13,14). The fourth-order valence-electron chi connectivity index (χ4n) is 1.37. The average Bonchev–Trinajstić information content (AvgIpc) is 2.78. The van der Waals surface area contributed by atoms with Gasteiger partial charge >= 0.3 is 5.97 Å². The molecule has 0 aliphatic heterocycles. The van der Waals surface area contributed by atoms with Gasteiger partial charge in [-0.05, 0) is 6.92 Å². The second kappa shape index (κ2) is 5.54. The predicted octanol–water partition coefficient (Wildman–Crippen LogP) is 1.59. The SMILES string of the molecule is Cc1cc(NCCc2nc(C(=O)O)cs2)ncn1. The van der Waals surface area contributed by atoms with Gasteiger partial charge in [0.15, 0.2) is 5.69 Å². The second-order valence-electron chi connectivity index (χ2n) is 3.65. The van der Waals surface area contributed by atoms with Crippen LogP contribution in [-0.4, -0.2) is 32.6 Å². The number of hydrogen-bond acceptors (Lipinski definition) is 6. The van der Waals surface area contributed by atoms with E-state index in [1.165, 1.54) is 17.7 Å². The van der Waals surface area contributed by atoms with E-state index in [9.17, 15) is 4.79 Å². The molecule has 0 unspecified atom stereocenters. The summed E-state index contributed by atoms with van der Waals surface area (Å²) in [7, 11) is 0. The van der Waals surface area contributed by atoms with Gasteiger partial charge in [0.05, 0.1) is 5.01 Å². The Labute approximate surface area is 108 Å². The van der Waals surface area contributed by atoms with Crippen molar-refractivity contribution in [3.63, 3.8) is 0 Å². The Morgan fingerprint density at radius 2 is 2.33 bits per heavy atom. The fraction of sp³-hybridized carbons (Fsp3) is 0.273. The van der Waals surface area contributed by atoms with E-state index in [-0.39, 0.29) is 5.69 Å². The molecule has 94 valence electrons. The molecule has 6 nitrogen and oxygen atoms in total. The van der Waals surface area contributed by atoms with Crippen molar-refractivity contribution < 1.29 is 9.90 Å². The maximum Gasteiger partial charge on any atom is 0.355 e. The van der Waals surface area contributed by atoms with Crippen LogP contribution in [0.1, 0.15) is 21.2 Å². The van der Waals surface area contributed by atoms with Crippen molar-refractivity contribution in [3.05, 3.63) is 34.2 Å². The van der Waals surface area contributed by atoms with E-state index in [0.717, 1.165) is 16.5 Å². The number of rotatable bonds is 5. The van der Waals surface area contributed by atoms with E-state index in [4.69, 9.17) is 5.11 Å². The van der Waals surface area contributed by atoms with E-state index < -0.39 is 5.97 Å². The van der Waals surface area contributed by atoms with Gasteiger partial charge in [0.1, 0.15) is 12.1 Å². The number of anilines is 1. The monoisotopic (exact) mass is 264 g/mol. The van der Waals surface area contributed by atoms with Crippen LogP contribution in [0.2, 0.25) is 0 Å². The quantitative estimate of drug-likeness (QED) is 0.852. The molecule has 0 aliphatic carbocycles. The zero-order chi connectivity index (χ0) is 13.0. The third-order valence-electron chi connectivity index (χ3n) is 2.22. The third kappa shape index (κ3) is 3.24. The number of aryl methyl sites for hydroxylation is 1. The minimum Gasteiger partial charge on any atom is -0.476 e. The van der Waals surface area contributed by atoms with Gasteiger partial charge in [-0.2, -0.15) is 0 Å². The molecule has 2 aromatic rings. The lowest BCUT2D eigenvalue weighted by atomic mass is 10.4. The van der Waals surface area contributed by atoms with Gasteiger partial charge in [0.25, 0.3) is 0 Å². The topological polar surface area (TPSA) is 88.0 Å².